The number of carbonyl (C=O) groups excluding carboxylic acids is 1. The molecule has 4 nitrogen and oxygen atoms in total. The summed E-state index contributed by atoms with van der Waals surface area (Å²) >= 11 is 0. The third-order valence-corrected chi connectivity index (χ3v) is 4.83. The maximum atomic E-state index is 12.9. The predicted octanol–water partition coefficient (Wildman–Crippen LogP) is 4.56. The summed E-state index contributed by atoms with van der Waals surface area (Å²) in [5, 5.41) is 20.0. The number of aromatic hydroxyl groups is 1. The summed E-state index contributed by atoms with van der Waals surface area (Å²) in [6.45, 7) is 4.58. The molecule has 144 valence electrons. The Morgan fingerprint density at radius 2 is 1.57 bits per heavy atom. The highest BCUT2D eigenvalue weighted by Gasteiger charge is 2.19. The van der Waals surface area contributed by atoms with Crippen molar-refractivity contribution in [2.24, 2.45) is 0 Å². The molecule has 0 saturated carbocycles. The van der Waals surface area contributed by atoms with E-state index in [0.29, 0.717) is 17.7 Å². The first-order valence-electron chi connectivity index (χ1n) is 9.41. The van der Waals surface area contributed by atoms with Crippen LogP contribution in [0.5, 0.6) is 5.75 Å². The standard InChI is InChI=1S/C24H25NO3/c1-3-25(16-23(27)21-5-4-6-22(26)15-21)24(28)20-13-11-19(12-14-20)18-9-7-17(2)8-10-18/h4-15,23,26-27H,3,16H2,1-2H3. The van der Waals surface area contributed by atoms with Crippen LogP contribution in [0.4, 0.5) is 0 Å². The van der Waals surface area contributed by atoms with E-state index < -0.39 is 6.10 Å². The Morgan fingerprint density at radius 3 is 2.14 bits per heavy atom. The second-order valence-corrected chi connectivity index (χ2v) is 6.90. The third-order valence-electron chi connectivity index (χ3n) is 4.83. The highest BCUT2D eigenvalue weighted by Crippen LogP contribution is 2.22. The minimum absolute atomic E-state index is 0.0950. The lowest BCUT2D eigenvalue weighted by Crippen LogP contribution is -2.34. The average molecular weight is 375 g/mol. The Bertz CT molecular complexity index is 933. The molecule has 4 heteroatoms. The Kier molecular flexibility index (Phi) is 6.12. The second kappa shape index (κ2) is 8.72. The lowest BCUT2D eigenvalue weighted by Gasteiger charge is -2.24. The van der Waals surface area contributed by atoms with Gasteiger partial charge < -0.3 is 15.1 Å². The molecule has 1 amide bonds. The van der Waals surface area contributed by atoms with E-state index >= 15 is 0 Å². The fourth-order valence-corrected chi connectivity index (χ4v) is 3.14. The van der Waals surface area contributed by atoms with Gasteiger partial charge in [-0.2, -0.15) is 0 Å². The molecule has 2 N–H and O–H groups in total. The first kappa shape index (κ1) is 19.6. The molecule has 0 spiro atoms. The Labute approximate surface area is 165 Å². The molecule has 1 atom stereocenters. The number of aryl methyl sites for hydroxylation is 1. The molecule has 0 aromatic heterocycles. The molecule has 0 bridgehead atoms. The van der Waals surface area contributed by atoms with Gasteiger partial charge in [-0.15, -0.1) is 0 Å². The van der Waals surface area contributed by atoms with Crippen LogP contribution >= 0.6 is 0 Å². The van der Waals surface area contributed by atoms with Crippen LogP contribution in [-0.4, -0.2) is 34.1 Å². The van der Waals surface area contributed by atoms with E-state index in [4.69, 9.17) is 0 Å². The maximum absolute atomic E-state index is 12.9. The van der Waals surface area contributed by atoms with Crippen molar-refractivity contribution in [1.29, 1.82) is 0 Å². The number of carbonyl (C=O) groups is 1. The summed E-state index contributed by atoms with van der Waals surface area (Å²) in [4.78, 5) is 14.5. The van der Waals surface area contributed by atoms with E-state index in [9.17, 15) is 15.0 Å². The van der Waals surface area contributed by atoms with Crippen molar-refractivity contribution >= 4 is 5.91 Å². The molecule has 0 aliphatic rings. The van der Waals surface area contributed by atoms with Gasteiger partial charge >= 0.3 is 0 Å². The van der Waals surface area contributed by atoms with E-state index in [2.05, 4.69) is 31.2 Å². The molecule has 0 heterocycles. The van der Waals surface area contributed by atoms with E-state index in [1.165, 1.54) is 11.6 Å². The van der Waals surface area contributed by atoms with Crippen LogP contribution in [0.15, 0.2) is 72.8 Å². The summed E-state index contributed by atoms with van der Waals surface area (Å²) in [6.07, 6.45) is -0.858. The Balaban J connectivity index is 1.72. The Morgan fingerprint density at radius 1 is 0.964 bits per heavy atom. The molecule has 1 unspecified atom stereocenters. The number of hydrogen-bond donors (Lipinski definition) is 2. The minimum Gasteiger partial charge on any atom is -0.508 e. The largest absolute Gasteiger partial charge is 0.508 e. The molecule has 3 aromatic rings. The van der Waals surface area contributed by atoms with Gasteiger partial charge in [0, 0.05) is 12.1 Å². The number of phenols is 1. The first-order chi connectivity index (χ1) is 13.5. The first-order valence-corrected chi connectivity index (χ1v) is 9.41. The van der Waals surface area contributed by atoms with Crippen molar-refractivity contribution in [2.75, 3.05) is 13.1 Å². The van der Waals surface area contributed by atoms with Crippen LogP contribution in [0, 0.1) is 6.92 Å². The number of likely N-dealkylation sites (N-methyl/N-ethyl adjacent to an activating group) is 1. The van der Waals surface area contributed by atoms with Gasteiger partial charge in [-0.25, -0.2) is 0 Å². The van der Waals surface area contributed by atoms with Gasteiger partial charge in [0.2, 0.25) is 0 Å². The van der Waals surface area contributed by atoms with Crippen molar-refractivity contribution in [2.45, 2.75) is 20.0 Å². The van der Waals surface area contributed by atoms with Crippen LogP contribution in [0.2, 0.25) is 0 Å². The average Bonchev–Trinajstić information content (AvgIpc) is 2.72. The normalized spacial score (nSPS) is 11.8. The van der Waals surface area contributed by atoms with Crippen LogP contribution < -0.4 is 0 Å². The maximum Gasteiger partial charge on any atom is 0.253 e. The van der Waals surface area contributed by atoms with E-state index in [-0.39, 0.29) is 18.2 Å². The van der Waals surface area contributed by atoms with Crippen molar-refractivity contribution in [3.05, 3.63) is 89.5 Å². The highest BCUT2D eigenvalue weighted by atomic mass is 16.3. The van der Waals surface area contributed by atoms with Crippen molar-refractivity contribution < 1.29 is 15.0 Å². The topological polar surface area (TPSA) is 60.8 Å². The van der Waals surface area contributed by atoms with Gasteiger partial charge in [0.15, 0.2) is 0 Å². The summed E-state index contributed by atoms with van der Waals surface area (Å²) in [7, 11) is 0. The summed E-state index contributed by atoms with van der Waals surface area (Å²) in [6, 6.07) is 22.3. The lowest BCUT2D eigenvalue weighted by molar-refractivity contribution is 0.0635. The van der Waals surface area contributed by atoms with E-state index in [1.807, 2.05) is 31.2 Å². The van der Waals surface area contributed by atoms with Crippen molar-refractivity contribution in [1.82, 2.24) is 4.90 Å². The number of hydrogen-bond acceptors (Lipinski definition) is 3. The van der Waals surface area contributed by atoms with Gasteiger partial charge in [-0.3, -0.25) is 4.79 Å². The number of phenolic OH excluding ortho intramolecular Hbond substituents is 1. The van der Waals surface area contributed by atoms with E-state index in [1.54, 1.807) is 23.1 Å². The minimum atomic E-state index is -0.858. The van der Waals surface area contributed by atoms with Gasteiger partial charge in [0.05, 0.1) is 12.6 Å². The number of nitrogens with zero attached hydrogens (tertiary/aromatic N) is 1. The molecular formula is C24H25NO3. The number of rotatable bonds is 6. The fraction of sp³-hybridized carbons (Fsp3) is 0.208. The lowest BCUT2D eigenvalue weighted by atomic mass is 10.0. The van der Waals surface area contributed by atoms with Crippen LogP contribution in [0.3, 0.4) is 0 Å². The summed E-state index contributed by atoms with van der Waals surface area (Å²) in [5.74, 6) is -0.0326. The molecule has 0 aliphatic heterocycles. The van der Waals surface area contributed by atoms with Crippen molar-refractivity contribution in [3.63, 3.8) is 0 Å². The number of aliphatic hydroxyl groups is 1. The molecule has 0 radical (unpaired) electrons. The molecule has 3 rings (SSSR count). The fourth-order valence-electron chi connectivity index (χ4n) is 3.14. The SMILES string of the molecule is CCN(CC(O)c1cccc(O)c1)C(=O)c1ccc(-c2ccc(C)cc2)cc1. The zero-order valence-electron chi connectivity index (χ0n) is 16.2. The molecule has 0 aliphatic carbocycles. The molecule has 28 heavy (non-hydrogen) atoms. The quantitative estimate of drug-likeness (QED) is 0.664. The highest BCUT2D eigenvalue weighted by molar-refractivity contribution is 5.94. The Hall–Kier alpha value is -3.11. The second-order valence-electron chi connectivity index (χ2n) is 6.90. The zero-order valence-corrected chi connectivity index (χ0v) is 16.2. The number of aliphatic hydroxyl groups excluding tert-OH is 1. The van der Waals surface area contributed by atoms with Crippen LogP contribution in [0.25, 0.3) is 11.1 Å². The third kappa shape index (κ3) is 4.59. The number of amides is 1. The van der Waals surface area contributed by atoms with Gasteiger partial charge in [-0.05, 0) is 54.8 Å². The molecule has 0 fully saturated rings. The van der Waals surface area contributed by atoms with Crippen LogP contribution in [0.1, 0.15) is 34.5 Å². The van der Waals surface area contributed by atoms with Gasteiger partial charge in [0.1, 0.15) is 5.75 Å². The molecule has 3 aromatic carbocycles. The zero-order chi connectivity index (χ0) is 20.1. The monoisotopic (exact) mass is 375 g/mol. The summed E-state index contributed by atoms with van der Waals surface area (Å²) in [5.41, 5.74) is 4.54. The smallest absolute Gasteiger partial charge is 0.253 e. The summed E-state index contributed by atoms with van der Waals surface area (Å²) < 4.78 is 0. The number of benzene rings is 3. The van der Waals surface area contributed by atoms with Gasteiger partial charge in [-0.1, -0.05) is 54.1 Å². The molecular weight excluding hydrogens is 350 g/mol. The molecule has 0 saturated heterocycles. The van der Waals surface area contributed by atoms with E-state index in [0.717, 1.165) is 11.1 Å². The van der Waals surface area contributed by atoms with Gasteiger partial charge in [0.25, 0.3) is 5.91 Å². The van der Waals surface area contributed by atoms with Crippen LogP contribution in [-0.2, 0) is 0 Å². The van der Waals surface area contributed by atoms with Crippen molar-refractivity contribution in [3.8, 4) is 16.9 Å². The predicted molar refractivity (Wildman–Crippen MR) is 111 cm³/mol.